The van der Waals surface area contributed by atoms with Gasteiger partial charge in [0.2, 0.25) is 0 Å². The molecule has 0 fully saturated rings. The lowest BCUT2D eigenvalue weighted by Crippen LogP contribution is -2.03. The van der Waals surface area contributed by atoms with Gasteiger partial charge in [-0.05, 0) is 30.8 Å². The Hall–Kier alpha value is -2.20. The van der Waals surface area contributed by atoms with Crippen molar-refractivity contribution in [1.82, 2.24) is 14.4 Å². The summed E-state index contributed by atoms with van der Waals surface area (Å²) in [4.78, 5) is 9.03. The average molecular weight is 238 g/mol. The van der Waals surface area contributed by atoms with Crippen LogP contribution in [-0.2, 0) is 6.42 Å². The van der Waals surface area contributed by atoms with Crippen LogP contribution in [0.1, 0.15) is 5.69 Å². The number of pyridine rings is 2. The summed E-state index contributed by atoms with van der Waals surface area (Å²) in [5, 5.41) is 0. The van der Waals surface area contributed by atoms with Crippen LogP contribution in [0.4, 0.5) is 0 Å². The van der Waals surface area contributed by atoms with E-state index in [1.165, 1.54) is 0 Å². The van der Waals surface area contributed by atoms with Gasteiger partial charge < -0.3 is 5.73 Å². The maximum absolute atomic E-state index is 5.63. The minimum atomic E-state index is 0.600. The topological polar surface area (TPSA) is 56.2 Å². The van der Waals surface area contributed by atoms with Crippen molar-refractivity contribution in [2.75, 3.05) is 6.54 Å². The van der Waals surface area contributed by atoms with Crippen LogP contribution in [0.15, 0.2) is 48.8 Å². The molecule has 2 N–H and O–H groups in total. The molecule has 90 valence electrons. The first kappa shape index (κ1) is 10.9. The van der Waals surface area contributed by atoms with Crippen LogP contribution in [-0.4, -0.2) is 20.9 Å². The predicted molar refractivity (Wildman–Crippen MR) is 71.2 cm³/mol. The maximum Gasteiger partial charge on any atom is 0.163 e. The lowest BCUT2D eigenvalue weighted by Gasteiger charge is -1.99. The van der Waals surface area contributed by atoms with Crippen LogP contribution in [0.5, 0.6) is 0 Å². The lowest BCUT2D eigenvalue weighted by atomic mass is 10.2. The second kappa shape index (κ2) is 4.58. The quantitative estimate of drug-likeness (QED) is 0.758. The molecule has 0 unspecified atom stereocenters. The molecule has 4 heteroatoms. The summed E-state index contributed by atoms with van der Waals surface area (Å²) >= 11 is 0. The summed E-state index contributed by atoms with van der Waals surface area (Å²) in [6.45, 7) is 0.600. The zero-order valence-electron chi connectivity index (χ0n) is 9.95. The molecule has 3 heterocycles. The van der Waals surface area contributed by atoms with E-state index in [2.05, 4.69) is 20.4 Å². The van der Waals surface area contributed by atoms with Crippen LogP contribution in [0, 0.1) is 0 Å². The number of fused-ring (bicyclic) bond motifs is 1. The number of nitrogens with two attached hydrogens (primary N) is 1. The minimum absolute atomic E-state index is 0.600. The van der Waals surface area contributed by atoms with Gasteiger partial charge >= 0.3 is 0 Å². The second-order valence-electron chi connectivity index (χ2n) is 4.09. The number of aromatic nitrogens is 3. The Morgan fingerprint density at radius 2 is 2.00 bits per heavy atom. The van der Waals surface area contributed by atoms with E-state index in [0.29, 0.717) is 6.54 Å². The van der Waals surface area contributed by atoms with Crippen LogP contribution in [0.3, 0.4) is 0 Å². The van der Waals surface area contributed by atoms with Crippen LogP contribution < -0.4 is 5.73 Å². The molecule has 0 bridgehead atoms. The minimum Gasteiger partial charge on any atom is -0.330 e. The van der Waals surface area contributed by atoms with E-state index >= 15 is 0 Å². The van der Waals surface area contributed by atoms with Gasteiger partial charge in [-0.2, -0.15) is 0 Å². The summed E-state index contributed by atoms with van der Waals surface area (Å²) < 4.78 is 2.06. The summed E-state index contributed by atoms with van der Waals surface area (Å²) in [6, 6.07) is 11.9. The van der Waals surface area contributed by atoms with Gasteiger partial charge in [0.25, 0.3) is 0 Å². The lowest BCUT2D eigenvalue weighted by molar-refractivity contribution is 0.943. The van der Waals surface area contributed by atoms with E-state index < -0.39 is 0 Å². The fourth-order valence-electron chi connectivity index (χ4n) is 2.10. The number of hydrogen-bond donors (Lipinski definition) is 1. The van der Waals surface area contributed by atoms with Crippen molar-refractivity contribution in [3.8, 4) is 11.5 Å². The zero-order valence-corrected chi connectivity index (χ0v) is 9.95. The molecule has 0 atom stereocenters. The summed E-state index contributed by atoms with van der Waals surface area (Å²) in [5.74, 6) is 0.870. The van der Waals surface area contributed by atoms with Gasteiger partial charge in [0.05, 0.1) is 11.2 Å². The molecule has 0 aliphatic carbocycles. The molecule has 18 heavy (non-hydrogen) atoms. The SMILES string of the molecule is NCCc1nc(-c2ccccn2)n2ccccc12. The zero-order chi connectivity index (χ0) is 12.4. The van der Waals surface area contributed by atoms with Gasteiger partial charge in [-0.25, -0.2) is 4.98 Å². The highest BCUT2D eigenvalue weighted by Gasteiger charge is 2.11. The van der Waals surface area contributed by atoms with E-state index in [4.69, 9.17) is 5.73 Å². The van der Waals surface area contributed by atoms with E-state index in [1.807, 2.05) is 36.5 Å². The van der Waals surface area contributed by atoms with Crippen LogP contribution in [0.2, 0.25) is 0 Å². The predicted octanol–water partition coefficient (Wildman–Crippen LogP) is 1.90. The van der Waals surface area contributed by atoms with Crippen molar-refractivity contribution in [2.24, 2.45) is 5.73 Å². The van der Waals surface area contributed by atoms with E-state index in [-0.39, 0.29) is 0 Å². The standard InChI is InChI=1S/C14H14N4/c15-8-7-11-13-6-2-4-10-18(13)14(17-11)12-5-1-3-9-16-12/h1-6,9-10H,7-8,15H2. The molecule has 0 radical (unpaired) electrons. The molecule has 3 rings (SSSR count). The molecular weight excluding hydrogens is 224 g/mol. The highest BCUT2D eigenvalue weighted by atomic mass is 15.0. The first-order valence-electron chi connectivity index (χ1n) is 5.97. The number of nitrogens with zero attached hydrogens (tertiary/aromatic N) is 3. The van der Waals surface area contributed by atoms with Crippen molar-refractivity contribution in [3.05, 3.63) is 54.5 Å². The monoisotopic (exact) mass is 238 g/mol. The second-order valence-corrected chi connectivity index (χ2v) is 4.09. The Bertz CT molecular complexity index is 658. The van der Waals surface area contributed by atoms with Gasteiger partial charge in [0, 0.05) is 18.8 Å². The Morgan fingerprint density at radius 1 is 1.11 bits per heavy atom. The van der Waals surface area contributed by atoms with Crippen LogP contribution in [0.25, 0.3) is 17.0 Å². The molecule has 0 saturated carbocycles. The van der Waals surface area contributed by atoms with Crippen molar-refractivity contribution in [1.29, 1.82) is 0 Å². The fourth-order valence-corrected chi connectivity index (χ4v) is 2.10. The van der Waals surface area contributed by atoms with Gasteiger partial charge in [0.15, 0.2) is 5.82 Å². The fraction of sp³-hybridized carbons (Fsp3) is 0.143. The molecule has 0 aliphatic heterocycles. The Labute approximate surface area is 105 Å². The van der Waals surface area contributed by atoms with Crippen molar-refractivity contribution >= 4 is 5.52 Å². The third-order valence-electron chi connectivity index (χ3n) is 2.90. The molecule has 0 spiro atoms. The third kappa shape index (κ3) is 1.76. The van der Waals surface area contributed by atoms with Crippen LogP contribution >= 0.6 is 0 Å². The highest BCUT2D eigenvalue weighted by Crippen LogP contribution is 2.20. The van der Waals surface area contributed by atoms with Crippen molar-refractivity contribution in [2.45, 2.75) is 6.42 Å². The summed E-state index contributed by atoms with van der Waals surface area (Å²) in [6.07, 6.45) is 4.56. The maximum atomic E-state index is 5.63. The molecule has 3 aromatic heterocycles. The first-order valence-corrected chi connectivity index (χ1v) is 5.97. The number of imidazole rings is 1. The highest BCUT2D eigenvalue weighted by molar-refractivity contribution is 5.63. The third-order valence-corrected chi connectivity index (χ3v) is 2.90. The molecule has 3 aromatic rings. The van der Waals surface area contributed by atoms with E-state index in [1.54, 1.807) is 6.20 Å². The van der Waals surface area contributed by atoms with Gasteiger partial charge in [0.1, 0.15) is 5.69 Å². The summed E-state index contributed by atoms with van der Waals surface area (Å²) in [5.41, 5.74) is 8.64. The summed E-state index contributed by atoms with van der Waals surface area (Å²) in [7, 11) is 0. The molecule has 4 nitrogen and oxygen atoms in total. The van der Waals surface area contributed by atoms with E-state index in [0.717, 1.165) is 29.1 Å². The Morgan fingerprint density at radius 3 is 2.78 bits per heavy atom. The Balaban J connectivity index is 2.24. The molecule has 0 amide bonds. The smallest absolute Gasteiger partial charge is 0.163 e. The molecule has 0 aliphatic rings. The van der Waals surface area contributed by atoms with E-state index in [9.17, 15) is 0 Å². The number of hydrogen-bond acceptors (Lipinski definition) is 3. The number of rotatable bonds is 3. The van der Waals surface area contributed by atoms with Crippen molar-refractivity contribution in [3.63, 3.8) is 0 Å². The molecule has 0 saturated heterocycles. The molecule has 0 aromatic carbocycles. The normalized spacial score (nSPS) is 10.9. The largest absolute Gasteiger partial charge is 0.330 e. The van der Waals surface area contributed by atoms with Gasteiger partial charge in [-0.1, -0.05) is 12.1 Å². The Kier molecular flexibility index (Phi) is 2.78. The average Bonchev–Trinajstić information content (AvgIpc) is 2.80. The van der Waals surface area contributed by atoms with Gasteiger partial charge in [-0.15, -0.1) is 0 Å². The first-order chi connectivity index (χ1) is 8.90. The molecular formula is C14H14N4. The van der Waals surface area contributed by atoms with Gasteiger partial charge in [-0.3, -0.25) is 9.38 Å². The van der Waals surface area contributed by atoms with Crippen molar-refractivity contribution < 1.29 is 0 Å².